The van der Waals surface area contributed by atoms with Crippen LogP contribution in [0.15, 0.2) is 16.3 Å². The van der Waals surface area contributed by atoms with Crippen molar-refractivity contribution in [3.63, 3.8) is 0 Å². The van der Waals surface area contributed by atoms with E-state index in [1.807, 2.05) is 0 Å². The standard InChI is InChI=1S/C10H16ClNO4S3/c1-12(7-8-18(2,13)14)19(15,16)10-4-3-9(17-10)5-6-11/h3-4H,5-8H2,1-2H3. The molecule has 110 valence electrons. The van der Waals surface area contributed by atoms with E-state index in [2.05, 4.69) is 0 Å². The van der Waals surface area contributed by atoms with Crippen LogP contribution in [0.5, 0.6) is 0 Å². The fraction of sp³-hybridized carbons (Fsp3) is 0.600. The number of hydrogen-bond acceptors (Lipinski definition) is 5. The molecule has 1 aromatic heterocycles. The van der Waals surface area contributed by atoms with Crippen LogP contribution in [0.3, 0.4) is 0 Å². The second-order valence-corrected chi connectivity index (χ2v) is 10.2. The molecule has 9 heteroatoms. The van der Waals surface area contributed by atoms with Crippen LogP contribution in [-0.2, 0) is 26.3 Å². The van der Waals surface area contributed by atoms with Gasteiger partial charge < -0.3 is 0 Å². The molecule has 0 N–H and O–H groups in total. The summed E-state index contributed by atoms with van der Waals surface area (Å²) in [4.78, 5) is 0.894. The Morgan fingerprint density at radius 1 is 1.26 bits per heavy atom. The maximum absolute atomic E-state index is 12.2. The summed E-state index contributed by atoms with van der Waals surface area (Å²) in [5, 5.41) is 0. The molecule has 1 rings (SSSR count). The molecule has 0 fully saturated rings. The normalized spacial score (nSPS) is 13.1. The Kier molecular flexibility index (Phi) is 5.81. The molecule has 19 heavy (non-hydrogen) atoms. The Morgan fingerprint density at radius 3 is 2.42 bits per heavy atom. The molecule has 1 heterocycles. The van der Waals surface area contributed by atoms with Gasteiger partial charge in [-0.1, -0.05) is 0 Å². The molecule has 0 aliphatic rings. The van der Waals surface area contributed by atoms with E-state index in [0.29, 0.717) is 12.3 Å². The average molecular weight is 346 g/mol. The highest BCUT2D eigenvalue weighted by molar-refractivity contribution is 7.91. The molecule has 0 amide bonds. The average Bonchev–Trinajstić information content (AvgIpc) is 2.74. The van der Waals surface area contributed by atoms with E-state index in [9.17, 15) is 16.8 Å². The third-order valence-corrected chi connectivity index (χ3v) is 7.00. The molecule has 0 radical (unpaired) electrons. The number of aryl methyl sites for hydroxylation is 1. The molecule has 0 aliphatic heterocycles. The van der Waals surface area contributed by atoms with Gasteiger partial charge in [-0.05, 0) is 18.6 Å². The number of rotatable bonds is 7. The first kappa shape index (κ1) is 16.9. The number of thiophene rings is 1. The Bertz CT molecular complexity index is 621. The summed E-state index contributed by atoms with van der Waals surface area (Å²) in [6.07, 6.45) is 1.70. The summed E-state index contributed by atoms with van der Waals surface area (Å²) < 4.78 is 47.7. The largest absolute Gasteiger partial charge is 0.252 e. The van der Waals surface area contributed by atoms with Crippen LogP contribution in [0.25, 0.3) is 0 Å². The molecule has 0 unspecified atom stereocenters. The van der Waals surface area contributed by atoms with Gasteiger partial charge in [-0.2, -0.15) is 4.31 Å². The zero-order valence-electron chi connectivity index (χ0n) is 10.7. The van der Waals surface area contributed by atoms with Gasteiger partial charge in [-0.15, -0.1) is 22.9 Å². The maximum atomic E-state index is 12.2. The van der Waals surface area contributed by atoms with Crippen molar-refractivity contribution >= 4 is 42.8 Å². The van der Waals surface area contributed by atoms with E-state index < -0.39 is 19.9 Å². The van der Waals surface area contributed by atoms with Gasteiger partial charge in [-0.25, -0.2) is 16.8 Å². The number of hydrogen-bond donors (Lipinski definition) is 0. The molecule has 0 aromatic carbocycles. The summed E-state index contributed by atoms with van der Waals surface area (Å²) in [5.74, 6) is 0.243. The minimum absolute atomic E-state index is 0.0517. The highest BCUT2D eigenvalue weighted by atomic mass is 35.5. The molecule has 0 bridgehead atoms. The monoisotopic (exact) mass is 345 g/mol. The Hall–Kier alpha value is -0.150. The van der Waals surface area contributed by atoms with Gasteiger partial charge in [-0.3, -0.25) is 0 Å². The lowest BCUT2D eigenvalue weighted by molar-refractivity contribution is 0.486. The molecule has 1 aromatic rings. The van der Waals surface area contributed by atoms with E-state index >= 15 is 0 Å². The highest BCUT2D eigenvalue weighted by Crippen LogP contribution is 2.24. The lowest BCUT2D eigenvalue weighted by Crippen LogP contribution is -2.31. The van der Waals surface area contributed by atoms with E-state index in [4.69, 9.17) is 11.6 Å². The van der Waals surface area contributed by atoms with Crippen molar-refractivity contribution in [3.8, 4) is 0 Å². The van der Waals surface area contributed by atoms with E-state index in [0.717, 1.165) is 26.8 Å². The highest BCUT2D eigenvalue weighted by Gasteiger charge is 2.23. The van der Waals surface area contributed by atoms with Crippen molar-refractivity contribution in [2.45, 2.75) is 10.6 Å². The smallest absolute Gasteiger partial charge is 0.229 e. The molecule has 0 saturated carbocycles. The predicted octanol–water partition coefficient (Wildman–Crippen LogP) is 1.19. The van der Waals surface area contributed by atoms with Crippen molar-refractivity contribution in [2.24, 2.45) is 0 Å². The van der Waals surface area contributed by atoms with Crippen molar-refractivity contribution in [1.82, 2.24) is 4.31 Å². The van der Waals surface area contributed by atoms with Crippen molar-refractivity contribution in [1.29, 1.82) is 0 Å². The number of halogens is 1. The fourth-order valence-electron chi connectivity index (χ4n) is 1.29. The summed E-state index contributed by atoms with van der Waals surface area (Å²) in [6, 6.07) is 3.25. The van der Waals surface area contributed by atoms with Crippen LogP contribution in [-0.4, -0.2) is 52.6 Å². The summed E-state index contributed by atoms with van der Waals surface area (Å²) in [6.45, 7) is -0.0517. The van der Waals surface area contributed by atoms with Gasteiger partial charge in [0.1, 0.15) is 14.0 Å². The van der Waals surface area contributed by atoms with Gasteiger partial charge >= 0.3 is 0 Å². The minimum Gasteiger partial charge on any atom is -0.229 e. The van der Waals surface area contributed by atoms with Crippen molar-refractivity contribution in [3.05, 3.63) is 17.0 Å². The van der Waals surface area contributed by atoms with E-state index in [1.54, 1.807) is 6.07 Å². The first-order chi connectivity index (χ1) is 8.66. The van der Waals surface area contributed by atoms with Crippen molar-refractivity contribution in [2.75, 3.05) is 31.5 Å². The topological polar surface area (TPSA) is 71.5 Å². The molecule has 0 atom stereocenters. The summed E-state index contributed by atoms with van der Waals surface area (Å²) in [7, 11) is -5.42. The van der Waals surface area contributed by atoms with Gasteiger partial charge in [0.25, 0.3) is 10.0 Å². The van der Waals surface area contributed by atoms with Crippen LogP contribution >= 0.6 is 22.9 Å². The summed E-state index contributed by atoms with van der Waals surface area (Å²) in [5.41, 5.74) is 0. The number of sulfonamides is 1. The van der Waals surface area contributed by atoms with Crippen LogP contribution in [0.1, 0.15) is 4.88 Å². The Morgan fingerprint density at radius 2 is 1.89 bits per heavy atom. The predicted molar refractivity (Wildman–Crippen MR) is 78.3 cm³/mol. The maximum Gasteiger partial charge on any atom is 0.252 e. The van der Waals surface area contributed by atoms with Gasteiger partial charge in [0, 0.05) is 30.6 Å². The van der Waals surface area contributed by atoms with E-state index in [1.165, 1.54) is 13.1 Å². The lowest BCUT2D eigenvalue weighted by atomic mass is 10.4. The zero-order valence-corrected chi connectivity index (χ0v) is 13.9. The quantitative estimate of drug-likeness (QED) is 0.696. The van der Waals surface area contributed by atoms with Gasteiger partial charge in [0.2, 0.25) is 0 Å². The number of alkyl halides is 1. The molecule has 0 saturated heterocycles. The van der Waals surface area contributed by atoms with Crippen molar-refractivity contribution < 1.29 is 16.8 Å². The Labute approximate surface area is 123 Å². The molecular formula is C10H16ClNO4S3. The first-order valence-electron chi connectivity index (χ1n) is 5.45. The molecular weight excluding hydrogens is 330 g/mol. The third kappa shape index (κ3) is 5.03. The second-order valence-electron chi connectivity index (χ2n) is 4.12. The first-order valence-corrected chi connectivity index (χ1v) is 10.3. The third-order valence-electron chi connectivity index (χ3n) is 2.42. The zero-order chi connectivity index (χ0) is 14.7. The second kappa shape index (κ2) is 6.53. The number of nitrogens with zero attached hydrogens (tertiary/aromatic N) is 1. The van der Waals surface area contributed by atoms with E-state index in [-0.39, 0.29) is 16.5 Å². The molecule has 0 aliphatic carbocycles. The molecule has 5 nitrogen and oxygen atoms in total. The van der Waals surface area contributed by atoms with Crippen LogP contribution in [0.2, 0.25) is 0 Å². The fourth-order valence-corrected chi connectivity index (χ4v) is 5.07. The molecule has 0 spiro atoms. The SMILES string of the molecule is CN(CCS(C)(=O)=O)S(=O)(=O)c1ccc(CCCl)s1. The van der Waals surface area contributed by atoms with Crippen LogP contribution in [0.4, 0.5) is 0 Å². The summed E-state index contributed by atoms with van der Waals surface area (Å²) >= 11 is 6.76. The van der Waals surface area contributed by atoms with Gasteiger partial charge in [0.15, 0.2) is 0 Å². The minimum atomic E-state index is -3.61. The number of sulfone groups is 1. The Balaban J connectivity index is 2.84. The van der Waals surface area contributed by atoms with Gasteiger partial charge in [0.05, 0.1) is 5.75 Å². The van der Waals surface area contributed by atoms with Crippen LogP contribution < -0.4 is 0 Å². The lowest BCUT2D eigenvalue weighted by Gasteiger charge is -2.15. The van der Waals surface area contributed by atoms with Crippen LogP contribution in [0, 0.1) is 0 Å².